The summed E-state index contributed by atoms with van der Waals surface area (Å²) in [6, 6.07) is 4.55. The lowest BCUT2D eigenvalue weighted by molar-refractivity contribution is 0.107. The van der Waals surface area contributed by atoms with Gasteiger partial charge in [-0.05, 0) is 30.2 Å². The van der Waals surface area contributed by atoms with E-state index in [9.17, 15) is 4.39 Å². The van der Waals surface area contributed by atoms with Gasteiger partial charge in [0.25, 0.3) is 0 Å². The number of nitrogens with zero attached hydrogens (tertiary/aromatic N) is 1. The van der Waals surface area contributed by atoms with E-state index < -0.39 is 0 Å². The predicted molar refractivity (Wildman–Crippen MR) is 68.1 cm³/mol. The third-order valence-corrected chi connectivity index (χ3v) is 3.24. The third-order valence-electron chi connectivity index (χ3n) is 3.24. The fourth-order valence-corrected chi connectivity index (χ4v) is 2.29. The summed E-state index contributed by atoms with van der Waals surface area (Å²) in [5.74, 6) is -0.452. The number of benzene rings is 1. The van der Waals surface area contributed by atoms with Gasteiger partial charge in [-0.15, -0.1) is 0 Å². The maximum Gasteiger partial charge on any atom is 0.124 e. The maximum absolute atomic E-state index is 13.4. The van der Waals surface area contributed by atoms with Gasteiger partial charge < -0.3 is 10.5 Å². The molecule has 1 atom stereocenters. The van der Waals surface area contributed by atoms with Gasteiger partial charge in [-0.2, -0.15) is 0 Å². The largest absolute Gasteiger partial charge is 0.384 e. The highest BCUT2D eigenvalue weighted by Crippen LogP contribution is 2.17. The van der Waals surface area contributed by atoms with Crippen LogP contribution in [0.4, 0.5) is 4.39 Å². The Morgan fingerprint density at radius 2 is 2.33 bits per heavy atom. The summed E-state index contributed by atoms with van der Waals surface area (Å²) in [5, 5.41) is 7.35. The smallest absolute Gasteiger partial charge is 0.124 e. The number of nitrogens with two attached hydrogens (primary N) is 1. The van der Waals surface area contributed by atoms with Crippen molar-refractivity contribution in [1.82, 2.24) is 4.90 Å². The van der Waals surface area contributed by atoms with Crippen molar-refractivity contribution in [3.8, 4) is 0 Å². The van der Waals surface area contributed by atoms with E-state index in [1.165, 1.54) is 12.1 Å². The van der Waals surface area contributed by atoms with Gasteiger partial charge in [-0.25, -0.2) is 4.39 Å². The first-order chi connectivity index (χ1) is 8.58. The zero-order chi connectivity index (χ0) is 13.1. The lowest BCUT2D eigenvalue weighted by Crippen LogP contribution is -2.22. The van der Waals surface area contributed by atoms with Crippen molar-refractivity contribution in [3.63, 3.8) is 0 Å². The van der Waals surface area contributed by atoms with E-state index in [2.05, 4.69) is 4.90 Å². The van der Waals surface area contributed by atoms with Gasteiger partial charge >= 0.3 is 0 Å². The Morgan fingerprint density at radius 3 is 2.94 bits per heavy atom. The lowest BCUT2D eigenvalue weighted by atomic mass is 10.1. The molecule has 0 spiro atoms. The second-order valence-corrected chi connectivity index (χ2v) is 4.64. The van der Waals surface area contributed by atoms with E-state index in [0.29, 0.717) is 12.1 Å². The third kappa shape index (κ3) is 3.05. The molecule has 5 heteroatoms. The van der Waals surface area contributed by atoms with E-state index in [0.717, 1.165) is 25.1 Å². The first kappa shape index (κ1) is 13.0. The van der Waals surface area contributed by atoms with Crippen LogP contribution in [0.15, 0.2) is 18.2 Å². The zero-order valence-electron chi connectivity index (χ0n) is 10.4. The second-order valence-electron chi connectivity index (χ2n) is 4.64. The summed E-state index contributed by atoms with van der Waals surface area (Å²) in [7, 11) is 1.71. The van der Waals surface area contributed by atoms with Crippen LogP contribution in [-0.2, 0) is 11.3 Å². The molecule has 4 nitrogen and oxygen atoms in total. The number of amidine groups is 1. The molecule has 1 aliphatic heterocycles. The number of nitrogens with one attached hydrogen (secondary N) is 1. The Bertz CT molecular complexity index is 450. The van der Waals surface area contributed by atoms with Gasteiger partial charge in [0.05, 0.1) is 6.10 Å². The molecule has 98 valence electrons. The summed E-state index contributed by atoms with van der Waals surface area (Å²) in [6.07, 6.45) is 1.27. The number of halogens is 1. The predicted octanol–water partition coefficient (Wildman–Crippen LogP) is 1.33. The second kappa shape index (κ2) is 5.46. The minimum Gasteiger partial charge on any atom is -0.384 e. The van der Waals surface area contributed by atoms with Crippen LogP contribution >= 0.6 is 0 Å². The number of hydrogen-bond acceptors (Lipinski definition) is 3. The van der Waals surface area contributed by atoms with Crippen molar-refractivity contribution in [2.75, 3.05) is 20.2 Å². The molecule has 1 saturated heterocycles. The van der Waals surface area contributed by atoms with Crippen LogP contribution < -0.4 is 5.73 Å². The first-order valence-corrected chi connectivity index (χ1v) is 5.97. The van der Waals surface area contributed by atoms with Crippen molar-refractivity contribution in [1.29, 1.82) is 5.41 Å². The first-order valence-electron chi connectivity index (χ1n) is 5.97. The number of likely N-dealkylation sites (tertiary alicyclic amines) is 1. The minimum absolute atomic E-state index is 0.105. The molecule has 0 aromatic heterocycles. The average molecular weight is 251 g/mol. The van der Waals surface area contributed by atoms with Crippen molar-refractivity contribution < 1.29 is 9.13 Å². The van der Waals surface area contributed by atoms with E-state index in [1.54, 1.807) is 13.2 Å². The van der Waals surface area contributed by atoms with Crippen LogP contribution in [0, 0.1) is 11.2 Å². The molecule has 0 bridgehead atoms. The van der Waals surface area contributed by atoms with Crippen LogP contribution in [0.1, 0.15) is 17.5 Å². The molecule has 1 fully saturated rings. The van der Waals surface area contributed by atoms with Gasteiger partial charge in [-0.3, -0.25) is 10.3 Å². The molecular weight excluding hydrogens is 233 g/mol. The van der Waals surface area contributed by atoms with Gasteiger partial charge in [0.2, 0.25) is 0 Å². The number of methoxy groups -OCH3 is 1. The van der Waals surface area contributed by atoms with E-state index >= 15 is 0 Å². The Balaban J connectivity index is 2.07. The van der Waals surface area contributed by atoms with E-state index in [1.807, 2.05) is 0 Å². The van der Waals surface area contributed by atoms with Crippen LogP contribution in [0.2, 0.25) is 0 Å². The lowest BCUT2D eigenvalue weighted by Gasteiger charge is -2.16. The van der Waals surface area contributed by atoms with Gasteiger partial charge in [0.1, 0.15) is 11.7 Å². The zero-order valence-corrected chi connectivity index (χ0v) is 10.4. The number of rotatable bonds is 4. The SMILES string of the molecule is COC1CCN(Cc2cc(F)cc(C(=N)N)c2)C1. The molecular formula is C13H18FN3O. The summed E-state index contributed by atoms with van der Waals surface area (Å²) in [4.78, 5) is 2.22. The van der Waals surface area contributed by atoms with E-state index in [4.69, 9.17) is 15.9 Å². The van der Waals surface area contributed by atoms with Gasteiger partial charge in [0, 0.05) is 32.3 Å². The fourth-order valence-electron chi connectivity index (χ4n) is 2.29. The van der Waals surface area contributed by atoms with Crippen molar-refractivity contribution >= 4 is 5.84 Å². The van der Waals surface area contributed by atoms with Crippen LogP contribution in [0.3, 0.4) is 0 Å². The Labute approximate surface area is 106 Å². The standard InChI is InChI=1S/C13H18FN3O/c1-18-12-2-3-17(8-12)7-9-4-10(13(15)16)6-11(14)5-9/h4-6,12H,2-3,7-8H2,1H3,(H3,15,16). The Hall–Kier alpha value is -1.46. The summed E-state index contributed by atoms with van der Waals surface area (Å²) in [5.41, 5.74) is 6.67. The quantitative estimate of drug-likeness (QED) is 0.627. The summed E-state index contributed by atoms with van der Waals surface area (Å²) < 4.78 is 18.7. The monoisotopic (exact) mass is 251 g/mol. The van der Waals surface area contributed by atoms with E-state index in [-0.39, 0.29) is 17.8 Å². The van der Waals surface area contributed by atoms with Gasteiger partial charge in [-0.1, -0.05) is 0 Å². The number of hydrogen-bond donors (Lipinski definition) is 2. The molecule has 0 saturated carbocycles. The van der Waals surface area contributed by atoms with Crippen LogP contribution in [-0.4, -0.2) is 37.0 Å². The molecule has 3 N–H and O–H groups in total. The average Bonchev–Trinajstić information content (AvgIpc) is 2.76. The molecule has 1 aliphatic rings. The van der Waals surface area contributed by atoms with Crippen molar-refractivity contribution in [3.05, 3.63) is 35.1 Å². The van der Waals surface area contributed by atoms with Gasteiger partial charge in [0.15, 0.2) is 0 Å². The van der Waals surface area contributed by atoms with Crippen LogP contribution in [0.25, 0.3) is 0 Å². The maximum atomic E-state index is 13.4. The Morgan fingerprint density at radius 1 is 1.56 bits per heavy atom. The highest BCUT2D eigenvalue weighted by molar-refractivity contribution is 5.95. The normalized spacial score (nSPS) is 20.2. The van der Waals surface area contributed by atoms with Crippen molar-refractivity contribution in [2.45, 2.75) is 19.1 Å². The minimum atomic E-state index is -0.347. The number of nitrogen functional groups attached to an aromatic ring is 1. The molecule has 0 radical (unpaired) electrons. The molecule has 0 aliphatic carbocycles. The molecule has 0 amide bonds. The molecule has 2 rings (SSSR count). The molecule has 18 heavy (non-hydrogen) atoms. The summed E-state index contributed by atoms with van der Waals surface area (Å²) in [6.45, 7) is 2.48. The number of ether oxygens (including phenoxy) is 1. The summed E-state index contributed by atoms with van der Waals surface area (Å²) >= 11 is 0. The highest BCUT2D eigenvalue weighted by Gasteiger charge is 2.22. The fraction of sp³-hybridized carbons (Fsp3) is 0.462. The Kier molecular flexibility index (Phi) is 3.93. The van der Waals surface area contributed by atoms with Crippen LogP contribution in [0.5, 0.6) is 0 Å². The topological polar surface area (TPSA) is 62.3 Å². The molecule has 1 aromatic carbocycles. The van der Waals surface area contributed by atoms with Crippen molar-refractivity contribution in [2.24, 2.45) is 5.73 Å². The highest BCUT2D eigenvalue weighted by atomic mass is 19.1. The molecule has 1 unspecified atom stereocenters. The molecule has 1 heterocycles. The molecule has 1 aromatic rings.